The largest absolute Gasteiger partial charge is 0.369 e. The zero-order chi connectivity index (χ0) is 15.6. The van der Waals surface area contributed by atoms with E-state index in [0.29, 0.717) is 0 Å². The summed E-state index contributed by atoms with van der Waals surface area (Å²) in [6.45, 7) is 8.88. The summed E-state index contributed by atoms with van der Waals surface area (Å²) < 4.78 is 0. The number of carbonyl (C=O) groups excluding carboxylic acids is 1. The third-order valence-corrected chi connectivity index (χ3v) is 4.47. The van der Waals surface area contributed by atoms with E-state index in [4.69, 9.17) is 11.5 Å². The molecule has 0 aromatic heterocycles. The van der Waals surface area contributed by atoms with Crippen LogP contribution in [0, 0.1) is 26.7 Å². The van der Waals surface area contributed by atoms with Crippen molar-refractivity contribution in [2.24, 2.45) is 17.4 Å². The van der Waals surface area contributed by atoms with E-state index in [1.54, 1.807) is 0 Å². The molecule has 2 rings (SSSR count). The molecule has 1 fully saturated rings. The van der Waals surface area contributed by atoms with Crippen LogP contribution in [-0.4, -0.2) is 30.4 Å². The molecule has 1 heterocycles. The number of nitrogens with zero attached hydrogens (tertiary/aromatic N) is 1. The molecule has 2 unspecified atom stereocenters. The van der Waals surface area contributed by atoms with Gasteiger partial charge in [0.1, 0.15) is 0 Å². The van der Waals surface area contributed by atoms with Crippen LogP contribution in [0.3, 0.4) is 0 Å². The molecule has 0 bridgehead atoms. The number of nitrogens with two attached hydrogens (primary N) is 2. The van der Waals surface area contributed by atoms with Gasteiger partial charge in [-0.2, -0.15) is 0 Å². The lowest BCUT2D eigenvalue weighted by Crippen LogP contribution is -2.43. The van der Waals surface area contributed by atoms with Gasteiger partial charge in [0.25, 0.3) is 0 Å². The Hall–Kier alpha value is -1.39. The molecule has 2 atom stereocenters. The van der Waals surface area contributed by atoms with E-state index in [2.05, 4.69) is 37.8 Å². The Balaban J connectivity index is 2.08. The molecule has 1 saturated heterocycles. The Morgan fingerprint density at radius 2 is 1.95 bits per heavy atom. The van der Waals surface area contributed by atoms with Crippen molar-refractivity contribution in [3.05, 3.63) is 34.4 Å². The number of benzene rings is 1. The van der Waals surface area contributed by atoms with Crippen molar-refractivity contribution in [1.29, 1.82) is 0 Å². The van der Waals surface area contributed by atoms with Crippen molar-refractivity contribution in [2.45, 2.75) is 39.7 Å². The third-order valence-electron chi connectivity index (χ3n) is 4.47. The van der Waals surface area contributed by atoms with Gasteiger partial charge < -0.3 is 16.4 Å². The second-order valence-electron chi connectivity index (χ2n) is 6.42. The summed E-state index contributed by atoms with van der Waals surface area (Å²) in [6.07, 6.45) is 1.93. The van der Waals surface area contributed by atoms with Crippen LogP contribution in [0.15, 0.2) is 12.1 Å². The lowest BCUT2D eigenvalue weighted by molar-refractivity contribution is -0.123. The summed E-state index contributed by atoms with van der Waals surface area (Å²) in [6, 6.07) is 4.35. The Labute approximate surface area is 127 Å². The third kappa shape index (κ3) is 3.83. The first kappa shape index (κ1) is 16.0. The van der Waals surface area contributed by atoms with Gasteiger partial charge >= 0.3 is 0 Å². The molecule has 0 aliphatic carbocycles. The molecule has 1 aliphatic rings. The van der Waals surface area contributed by atoms with Gasteiger partial charge in [-0.3, -0.25) is 4.79 Å². The van der Waals surface area contributed by atoms with E-state index >= 15 is 0 Å². The molecule has 0 spiro atoms. The Morgan fingerprint density at radius 3 is 2.52 bits per heavy atom. The first-order chi connectivity index (χ1) is 9.88. The van der Waals surface area contributed by atoms with E-state index in [1.807, 2.05) is 0 Å². The molecular formula is C17H27N3O. The van der Waals surface area contributed by atoms with Crippen LogP contribution in [0.25, 0.3) is 0 Å². The van der Waals surface area contributed by atoms with Crippen LogP contribution in [-0.2, 0) is 4.79 Å². The normalized spacial score (nSPS) is 21.2. The van der Waals surface area contributed by atoms with Crippen LogP contribution in [0.1, 0.15) is 41.1 Å². The standard InChI is InChI=1S/C17H27N3O/c1-11-7-12(2)16(13(3)8-11)15(18)10-20-6-4-5-14(9-20)17(19)21/h7-8,14-15H,4-6,9-10,18H2,1-3H3,(H2,19,21). The zero-order valence-electron chi connectivity index (χ0n) is 13.4. The molecule has 0 saturated carbocycles. The SMILES string of the molecule is Cc1cc(C)c(C(N)CN2CCCC(C(N)=O)C2)c(C)c1. The molecule has 0 radical (unpaired) electrons. The van der Waals surface area contributed by atoms with Crippen molar-refractivity contribution in [3.63, 3.8) is 0 Å². The van der Waals surface area contributed by atoms with Crippen LogP contribution in [0.4, 0.5) is 0 Å². The van der Waals surface area contributed by atoms with E-state index < -0.39 is 0 Å². The lowest BCUT2D eigenvalue weighted by Gasteiger charge is -2.33. The quantitative estimate of drug-likeness (QED) is 0.888. The first-order valence-electron chi connectivity index (χ1n) is 7.73. The zero-order valence-corrected chi connectivity index (χ0v) is 13.4. The summed E-state index contributed by atoms with van der Waals surface area (Å²) in [5.41, 5.74) is 16.9. The minimum Gasteiger partial charge on any atom is -0.369 e. The fourth-order valence-electron chi connectivity index (χ4n) is 3.60. The monoisotopic (exact) mass is 289 g/mol. The van der Waals surface area contributed by atoms with E-state index in [1.165, 1.54) is 22.3 Å². The van der Waals surface area contributed by atoms with Gasteiger partial charge in [-0.1, -0.05) is 17.7 Å². The molecule has 1 aromatic rings. The average Bonchev–Trinajstić information content (AvgIpc) is 2.37. The number of carbonyl (C=O) groups is 1. The van der Waals surface area contributed by atoms with E-state index in [-0.39, 0.29) is 17.9 Å². The smallest absolute Gasteiger partial charge is 0.221 e. The molecule has 1 aromatic carbocycles. The predicted octanol–water partition coefficient (Wildman–Crippen LogP) is 1.81. The van der Waals surface area contributed by atoms with Crippen LogP contribution < -0.4 is 11.5 Å². The van der Waals surface area contributed by atoms with Gasteiger partial charge in [0.05, 0.1) is 5.92 Å². The highest BCUT2D eigenvalue weighted by atomic mass is 16.1. The molecule has 4 nitrogen and oxygen atoms in total. The number of likely N-dealkylation sites (tertiary alicyclic amines) is 1. The van der Waals surface area contributed by atoms with Gasteiger partial charge in [0.15, 0.2) is 0 Å². The number of piperidine rings is 1. The highest BCUT2D eigenvalue weighted by Crippen LogP contribution is 2.24. The van der Waals surface area contributed by atoms with Crippen molar-refractivity contribution in [1.82, 2.24) is 4.90 Å². The lowest BCUT2D eigenvalue weighted by atomic mass is 9.92. The predicted molar refractivity (Wildman–Crippen MR) is 85.9 cm³/mol. The number of rotatable bonds is 4. The van der Waals surface area contributed by atoms with Gasteiger partial charge in [0, 0.05) is 19.1 Å². The maximum Gasteiger partial charge on any atom is 0.221 e. The van der Waals surface area contributed by atoms with E-state index in [0.717, 1.165) is 32.5 Å². The van der Waals surface area contributed by atoms with Gasteiger partial charge in [-0.05, 0) is 56.8 Å². The maximum atomic E-state index is 11.4. The van der Waals surface area contributed by atoms with E-state index in [9.17, 15) is 4.79 Å². The minimum atomic E-state index is -0.184. The molecule has 116 valence electrons. The summed E-state index contributed by atoms with van der Waals surface area (Å²) in [5, 5.41) is 0. The summed E-state index contributed by atoms with van der Waals surface area (Å²) >= 11 is 0. The molecular weight excluding hydrogens is 262 g/mol. The minimum absolute atomic E-state index is 0.0165. The summed E-state index contributed by atoms with van der Waals surface area (Å²) in [7, 11) is 0. The molecule has 21 heavy (non-hydrogen) atoms. The second kappa shape index (κ2) is 6.58. The summed E-state index contributed by atoms with van der Waals surface area (Å²) in [4.78, 5) is 13.6. The van der Waals surface area contributed by atoms with Crippen molar-refractivity contribution in [2.75, 3.05) is 19.6 Å². The highest BCUT2D eigenvalue weighted by Gasteiger charge is 2.25. The van der Waals surface area contributed by atoms with Crippen LogP contribution >= 0.6 is 0 Å². The van der Waals surface area contributed by atoms with Crippen LogP contribution in [0.5, 0.6) is 0 Å². The van der Waals surface area contributed by atoms with Crippen molar-refractivity contribution in [3.8, 4) is 0 Å². The fraction of sp³-hybridized carbons (Fsp3) is 0.588. The van der Waals surface area contributed by atoms with Gasteiger partial charge in [0.2, 0.25) is 5.91 Å². The highest BCUT2D eigenvalue weighted by molar-refractivity contribution is 5.76. The number of hydrogen-bond acceptors (Lipinski definition) is 3. The fourth-order valence-corrected chi connectivity index (χ4v) is 3.60. The number of hydrogen-bond donors (Lipinski definition) is 2. The first-order valence-corrected chi connectivity index (χ1v) is 7.73. The van der Waals surface area contributed by atoms with Gasteiger partial charge in [-0.15, -0.1) is 0 Å². The van der Waals surface area contributed by atoms with Crippen LogP contribution in [0.2, 0.25) is 0 Å². The maximum absolute atomic E-state index is 11.4. The number of amides is 1. The average molecular weight is 289 g/mol. The Bertz CT molecular complexity index is 504. The number of primary amides is 1. The Kier molecular flexibility index (Phi) is 5.01. The number of aryl methyl sites for hydroxylation is 3. The molecule has 1 aliphatic heterocycles. The van der Waals surface area contributed by atoms with Crippen molar-refractivity contribution >= 4 is 5.91 Å². The summed E-state index contributed by atoms with van der Waals surface area (Å²) in [5.74, 6) is -0.206. The second-order valence-corrected chi connectivity index (χ2v) is 6.42. The topological polar surface area (TPSA) is 72.3 Å². The Morgan fingerprint density at radius 1 is 1.33 bits per heavy atom. The molecule has 4 heteroatoms. The molecule has 1 amide bonds. The molecule has 4 N–H and O–H groups in total. The van der Waals surface area contributed by atoms with Gasteiger partial charge in [-0.25, -0.2) is 0 Å². The van der Waals surface area contributed by atoms with Crippen molar-refractivity contribution < 1.29 is 4.79 Å².